The maximum absolute atomic E-state index is 7.16. The van der Waals surface area contributed by atoms with Crippen LogP contribution in [0.15, 0.2) is 30.3 Å². The molecule has 0 aliphatic heterocycles. The minimum absolute atomic E-state index is 0.206. The van der Waals surface area contributed by atoms with Crippen LogP contribution in [0.5, 0.6) is 0 Å². The van der Waals surface area contributed by atoms with E-state index in [2.05, 4.69) is 12.1 Å². The van der Waals surface area contributed by atoms with Crippen molar-refractivity contribution in [1.82, 2.24) is 4.90 Å². The van der Waals surface area contributed by atoms with Crippen molar-refractivity contribution in [3.63, 3.8) is 0 Å². The predicted octanol–water partition coefficient (Wildman–Crippen LogP) is 1.46. The number of amidine groups is 1. The summed E-state index contributed by atoms with van der Waals surface area (Å²) in [6.07, 6.45) is 0.955. The van der Waals surface area contributed by atoms with E-state index in [-0.39, 0.29) is 5.84 Å². The highest BCUT2D eigenvalue weighted by Gasteiger charge is 1.99. The van der Waals surface area contributed by atoms with Crippen LogP contribution >= 0.6 is 0 Å². The van der Waals surface area contributed by atoms with Gasteiger partial charge in [-0.15, -0.1) is 0 Å². The third-order valence-electron chi connectivity index (χ3n) is 2.38. The fourth-order valence-electron chi connectivity index (χ4n) is 1.57. The topological polar surface area (TPSA) is 62.3 Å². The summed E-state index contributed by atoms with van der Waals surface area (Å²) in [5.41, 5.74) is 6.51. The van der Waals surface area contributed by atoms with Gasteiger partial charge in [0, 0.05) is 13.2 Å². The Hall–Kier alpha value is -1.39. The molecule has 1 rings (SSSR count). The van der Waals surface area contributed by atoms with Crippen LogP contribution in [0.2, 0.25) is 0 Å². The number of rotatable bonds is 8. The quantitative estimate of drug-likeness (QED) is 0.407. The van der Waals surface area contributed by atoms with E-state index in [1.807, 2.05) is 30.1 Å². The predicted molar refractivity (Wildman–Crippen MR) is 70.1 cm³/mol. The zero-order chi connectivity index (χ0) is 12.5. The monoisotopic (exact) mass is 235 g/mol. The zero-order valence-electron chi connectivity index (χ0n) is 10.4. The first-order valence-corrected chi connectivity index (χ1v) is 5.81. The molecular weight excluding hydrogens is 214 g/mol. The van der Waals surface area contributed by atoms with Crippen molar-refractivity contribution in [2.24, 2.45) is 5.73 Å². The molecule has 17 heavy (non-hydrogen) atoms. The molecule has 0 unspecified atom stereocenters. The van der Waals surface area contributed by atoms with Crippen molar-refractivity contribution in [2.75, 3.05) is 26.7 Å². The summed E-state index contributed by atoms with van der Waals surface area (Å²) in [6, 6.07) is 10.1. The van der Waals surface area contributed by atoms with Crippen LogP contribution < -0.4 is 5.73 Å². The molecular formula is C13H21N3O. The standard InChI is InChI=1S/C13H21N3O/c1-16(10-13(14)15)8-5-9-17-11-12-6-3-2-4-7-12/h2-4,6-7H,5,8-11H2,1H3,(H3,14,15). The van der Waals surface area contributed by atoms with Gasteiger partial charge in [-0.25, -0.2) is 0 Å². The fourth-order valence-corrected chi connectivity index (χ4v) is 1.57. The molecule has 0 aliphatic rings. The van der Waals surface area contributed by atoms with E-state index >= 15 is 0 Å². The Balaban J connectivity index is 2.03. The van der Waals surface area contributed by atoms with Gasteiger partial charge in [0.25, 0.3) is 0 Å². The van der Waals surface area contributed by atoms with Crippen LogP contribution in [0.3, 0.4) is 0 Å². The maximum Gasteiger partial charge on any atom is 0.105 e. The van der Waals surface area contributed by atoms with Crippen LogP contribution in [-0.4, -0.2) is 37.5 Å². The summed E-state index contributed by atoms with van der Waals surface area (Å²) in [7, 11) is 1.96. The second kappa shape index (κ2) is 7.81. The number of nitrogens with one attached hydrogen (secondary N) is 1. The molecule has 0 radical (unpaired) electrons. The lowest BCUT2D eigenvalue weighted by molar-refractivity contribution is 0.112. The minimum atomic E-state index is 0.206. The van der Waals surface area contributed by atoms with E-state index < -0.39 is 0 Å². The summed E-state index contributed by atoms with van der Waals surface area (Å²) in [5, 5.41) is 7.16. The Morgan fingerprint density at radius 2 is 2.06 bits per heavy atom. The van der Waals surface area contributed by atoms with Crippen molar-refractivity contribution in [1.29, 1.82) is 5.41 Å². The van der Waals surface area contributed by atoms with E-state index in [4.69, 9.17) is 15.9 Å². The third kappa shape index (κ3) is 6.71. The van der Waals surface area contributed by atoms with Gasteiger partial charge >= 0.3 is 0 Å². The second-order valence-electron chi connectivity index (χ2n) is 4.15. The zero-order valence-corrected chi connectivity index (χ0v) is 10.4. The number of nitrogens with two attached hydrogens (primary N) is 1. The molecule has 4 nitrogen and oxygen atoms in total. The van der Waals surface area contributed by atoms with Crippen LogP contribution in [0.4, 0.5) is 0 Å². The Kier molecular flexibility index (Phi) is 6.29. The lowest BCUT2D eigenvalue weighted by Crippen LogP contribution is -2.31. The SMILES string of the molecule is CN(CCCOCc1ccccc1)CC(=N)N. The number of benzene rings is 1. The second-order valence-corrected chi connectivity index (χ2v) is 4.15. The third-order valence-corrected chi connectivity index (χ3v) is 2.38. The molecule has 0 bridgehead atoms. The van der Waals surface area contributed by atoms with Crippen molar-refractivity contribution in [3.05, 3.63) is 35.9 Å². The summed E-state index contributed by atoms with van der Waals surface area (Å²) >= 11 is 0. The van der Waals surface area contributed by atoms with Crippen LogP contribution in [0.1, 0.15) is 12.0 Å². The number of ether oxygens (including phenoxy) is 1. The molecule has 0 aliphatic carbocycles. The molecule has 0 heterocycles. The summed E-state index contributed by atoms with van der Waals surface area (Å²) in [6.45, 7) is 2.82. The molecule has 0 aromatic heterocycles. The average molecular weight is 235 g/mol. The van der Waals surface area contributed by atoms with Gasteiger partial charge in [0.2, 0.25) is 0 Å². The normalized spacial score (nSPS) is 10.7. The Morgan fingerprint density at radius 1 is 1.35 bits per heavy atom. The highest BCUT2D eigenvalue weighted by Crippen LogP contribution is 2.00. The molecule has 1 aromatic carbocycles. The Labute approximate surface area is 103 Å². The smallest absolute Gasteiger partial charge is 0.105 e. The highest BCUT2D eigenvalue weighted by atomic mass is 16.5. The Bertz CT molecular complexity index is 327. The van der Waals surface area contributed by atoms with Gasteiger partial charge in [0.15, 0.2) is 0 Å². The summed E-state index contributed by atoms with van der Waals surface area (Å²) in [5.74, 6) is 0.206. The molecule has 0 spiro atoms. The first kappa shape index (κ1) is 13.7. The van der Waals surface area contributed by atoms with Crippen molar-refractivity contribution in [3.8, 4) is 0 Å². The molecule has 0 fully saturated rings. The molecule has 0 atom stereocenters. The van der Waals surface area contributed by atoms with Gasteiger partial charge in [-0.3, -0.25) is 10.3 Å². The van der Waals surface area contributed by atoms with Crippen LogP contribution in [-0.2, 0) is 11.3 Å². The molecule has 1 aromatic rings. The lowest BCUT2D eigenvalue weighted by Gasteiger charge is -2.15. The molecule has 3 N–H and O–H groups in total. The van der Waals surface area contributed by atoms with Crippen LogP contribution in [0, 0.1) is 5.41 Å². The van der Waals surface area contributed by atoms with E-state index in [0.29, 0.717) is 13.2 Å². The van der Waals surface area contributed by atoms with Gasteiger partial charge in [0.1, 0.15) is 5.84 Å². The number of hydrogen-bond acceptors (Lipinski definition) is 3. The molecule has 0 saturated heterocycles. The Morgan fingerprint density at radius 3 is 2.71 bits per heavy atom. The van der Waals surface area contributed by atoms with Crippen molar-refractivity contribution < 1.29 is 4.74 Å². The summed E-state index contributed by atoms with van der Waals surface area (Å²) < 4.78 is 5.56. The number of hydrogen-bond donors (Lipinski definition) is 2. The van der Waals surface area contributed by atoms with Gasteiger partial charge in [0.05, 0.1) is 13.2 Å². The highest BCUT2D eigenvalue weighted by molar-refractivity contribution is 5.78. The number of nitrogens with zero attached hydrogens (tertiary/aromatic N) is 1. The molecule has 94 valence electrons. The molecule has 0 amide bonds. The van der Waals surface area contributed by atoms with Gasteiger partial charge in [-0.2, -0.15) is 0 Å². The minimum Gasteiger partial charge on any atom is -0.387 e. The summed E-state index contributed by atoms with van der Waals surface area (Å²) in [4.78, 5) is 2.02. The number of likely N-dealkylation sites (N-methyl/N-ethyl adjacent to an activating group) is 1. The average Bonchev–Trinajstić information content (AvgIpc) is 2.29. The first-order chi connectivity index (χ1) is 8.18. The van der Waals surface area contributed by atoms with E-state index in [1.54, 1.807) is 0 Å². The maximum atomic E-state index is 7.16. The van der Waals surface area contributed by atoms with Gasteiger partial charge in [-0.05, 0) is 19.0 Å². The lowest BCUT2D eigenvalue weighted by atomic mass is 10.2. The largest absolute Gasteiger partial charge is 0.387 e. The van der Waals surface area contributed by atoms with Gasteiger partial charge in [-0.1, -0.05) is 30.3 Å². The van der Waals surface area contributed by atoms with E-state index in [9.17, 15) is 0 Å². The first-order valence-electron chi connectivity index (χ1n) is 5.81. The van der Waals surface area contributed by atoms with Gasteiger partial charge < -0.3 is 10.5 Å². The van der Waals surface area contributed by atoms with Crippen LogP contribution in [0.25, 0.3) is 0 Å². The molecule has 4 heteroatoms. The van der Waals surface area contributed by atoms with E-state index in [0.717, 1.165) is 19.6 Å². The fraction of sp³-hybridized carbons (Fsp3) is 0.462. The van der Waals surface area contributed by atoms with Crippen molar-refractivity contribution in [2.45, 2.75) is 13.0 Å². The van der Waals surface area contributed by atoms with E-state index in [1.165, 1.54) is 5.56 Å². The van der Waals surface area contributed by atoms with Crippen molar-refractivity contribution >= 4 is 5.84 Å². The molecule has 0 saturated carbocycles.